The number of hydrogen-bond donors (Lipinski definition) is 2. The number of aryl methyl sites for hydroxylation is 1. The van der Waals surface area contributed by atoms with Gasteiger partial charge in [-0.25, -0.2) is 13.4 Å². The van der Waals surface area contributed by atoms with Gasteiger partial charge in [-0.2, -0.15) is 4.72 Å². The number of carbonyl (C=O) groups is 2. The molecule has 9 heteroatoms. The summed E-state index contributed by atoms with van der Waals surface area (Å²) in [5.74, 6) is -1.04. The molecule has 1 aliphatic rings. The molecule has 0 aliphatic carbocycles. The van der Waals surface area contributed by atoms with Crippen LogP contribution in [0.4, 0.5) is 5.69 Å². The molecule has 0 spiro atoms. The van der Waals surface area contributed by atoms with E-state index in [9.17, 15) is 18.0 Å². The van der Waals surface area contributed by atoms with Gasteiger partial charge in [-0.15, -0.1) is 0 Å². The van der Waals surface area contributed by atoms with Crippen molar-refractivity contribution in [2.75, 3.05) is 11.9 Å². The van der Waals surface area contributed by atoms with Gasteiger partial charge >= 0.3 is 0 Å². The lowest BCUT2D eigenvalue weighted by Crippen LogP contribution is -2.53. The summed E-state index contributed by atoms with van der Waals surface area (Å²) in [7, 11) is -2.35. The number of carbonyl (C=O) groups excluding carboxylic acids is 2. The number of aliphatic imine (C=N–C) groups is 1. The van der Waals surface area contributed by atoms with Crippen molar-refractivity contribution >= 4 is 33.2 Å². The summed E-state index contributed by atoms with van der Waals surface area (Å²) in [4.78, 5) is 33.2. The minimum atomic E-state index is -3.98. The molecule has 38 heavy (non-hydrogen) atoms. The van der Waals surface area contributed by atoms with Crippen LogP contribution in [0.2, 0.25) is 0 Å². The molecule has 1 heterocycles. The molecule has 0 aromatic heterocycles. The third-order valence-corrected chi connectivity index (χ3v) is 7.76. The van der Waals surface area contributed by atoms with Crippen LogP contribution in [0.1, 0.15) is 37.0 Å². The number of anilines is 1. The summed E-state index contributed by atoms with van der Waals surface area (Å²) >= 11 is 0. The number of benzene rings is 3. The van der Waals surface area contributed by atoms with E-state index in [2.05, 4.69) is 10.0 Å². The second-order valence-corrected chi connectivity index (χ2v) is 11.5. The second-order valence-electron chi connectivity index (χ2n) is 9.79. The van der Waals surface area contributed by atoms with Crippen LogP contribution in [-0.4, -0.2) is 45.2 Å². The summed E-state index contributed by atoms with van der Waals surface area (Å²) in [6.07, 6.45) is -1.00. The van der Waals surface area contributed by atoms with Crippen LogP contribution >= 0.6 is 0 Å². The Morgan fingerprint density at radius 3 is 2.37 bits per heavy atom. The quantitative estimate of drug-likeness (QED) is 0.462. The number of nitrogens with one attached hydrogen (secondary N) is 2. The lowest BCUT2D eigenvalue weighted by Gasteiger charge is -2.24. The van der Waals surface area contributed by atoms with Crippen LogP contribution in [0.5, 0.6) is 0 Å². The molecule has 0 fully saturated rings. The maximum absolute atomic E-state index is 13.5. The molecule has 198 valence electrons. The zero-order valence-corrected chi connectivity index (χ0v) is 22.7. The van der Waals surface area contributed by atoms with Crippen molar-refractivity contribution < 1.29 is 18.0 Å². The Morgan fingerprint density at radius 2 is 1.68 bits per heavy atom. The molecule has 0 bridgehead atoms. The van der Waals surface area contributed by atoms with E-state index in [1.165, 1.54) is 11.0 Å². The van der Waals surface area contributed by atoms with Crippen molar-refractivity contribution in [3.63, 3.8) is 0 Å². The summed E-state index contributed by atoms with van der Waals surface area (Å²) in [6, 6.07) is 22.2. The van der Waals surface area contributed by atoms with Crippen LogP contribution in [0.25, 0.3) is 0 Å². The predicted molar refractivity (Wildman–Crippen MR) is 149 cm³/mol. The number of likely N-dealkylation sites (N-methyl/N-ethyl adjacent to an activating group) is 1. The van der Waals surface area contributed by atoms with Gasteiger partial charge in [0.2, 0.25) is 22.1 Å². The molecular weight excluding hydrogens is 500 g/mol. The summed E-state index contributed by atoms with van der Waals surface area (Å²) in [6.45, 7) is 5.59. The summed E-state index contributed by atoms with van der Waals surface area (Å²) in [5, 5.41) is 2.72. The average molecular weight is 533 g/mol. The molecule has 0 saturated heterocycles. The lowest BCUT2D eigenvalue weighted by atomic mass is 10.0. The minimum Gasteiger partial charge on any atom is -0.325 e. The first kappa shape index (κ1) is 27.2. The topological polar surface area (TPSA) is 108 Å². The molecule has 2 atom stereocenters. The number of benzodiazepines with no additional fused rings is 1. The van der Waals surface area contributed by atoms with Crippen LogP contribution in [0.15, 0.2) is 88.8 Å². The number of hydrogen-bond acceptors (Lipinski definition) is 5. The van der Waals surface area contributed by atoms with E-state index in [-0.39, 0.29) is 17.2 Å². The van der Waals surface area contributed by atoms with Crippen LogP contribution in [0, 0.1) is 12.8 Å². The Bertz CT molecular complexity index is 1470. The van der Waals surface area contributed by atoms with Gasteiger partial charge in [-0.1, -0.05) is 74.5 Å². The zero-order chi connectivity index (χ0) is 27.4. The number of amides is 2. The van der Waals surface area contributed by atoms with E-state index in [4.69, 9.17) is 4.99 Å². The smallest absolute Gasteiger partial charge is 0.272 e. The number of fused-ring (bicyclic) bond motifs is 1. The Kier molecular flexibility index (Phi) is 8.08. The normalized spacial score (nSPS) is 16.4. The van der Waals surface area contributed by atoms with Gasteiger partial charge in [-0.05, 0) is 43.0 Å². The van der Waals surface area contributed by atoms with Crippen molar-refractivity contribution in [3.8, 4) is 0 Å². The molecule has 8 nitrogen and oxygen atoms in total. The fourth-order valence-corrected chi connectivity index (χ4v) is 5.71. The van der Waals surface area contributed by atoms with Gasteiger partial charge in [0, 0.05) is 18.2 Å². The highest BCUT2D eigenvalue weighted by molar-refractivity contribution is 7.89. The number of para-hydroxylation sites is 1. The summed E-state index contributed by atoms with van der Waals surface area (Å²) < 4.78 is 28.8. The zero-order valence-electron chi connectivity index (χ0n) is 21.9. The first-order valence-corrected chi connectivity index (χ1v) is 13.9. The van der Waals surface area contributed by atoms with Crippen LogP contribution < -0.4 is 14.9 Å². The van der Waals surface area contributed by atoms with Gasteiger partial charge in [0.1, 0.15) is 6.04 Å². The van der Waals surface area contributed by atoms with Crippen molar-refractivity contribution in [3.05, 3.63) is 95.6 Å². The Morgan fingerprint density at radius 1 is 1.00 bits per heavy atom. The van der Waals surface area contributed by atoms with Crippen molar-refractivity contribution in [1.82, 2.24) is 10.0 Å². The largest absolute Gasteiger partial charge is 0.325 e. The van der Waals surface area contributed by atoms with Crippen molar-refractivity contribution in [2.45, 2.75) is 44.3 Å². The van der Waals surface area contributed by atoms with Gasteiger partial charge in [0.15, 0.2) is 0 Å². The van der Waals surface area contributed by atoms with Gasteiger partial charge < -0.3 is 10.2 Å². The molecule has 1 aliphatic heterocycles. The molecule has 2 N–H and O–H groups in total. The van der Waals surface area contributed by atoms with Gasteiger partial charge in [0.25, 0.3) is 5.91 Å². The van der Waals surface area contributed by atoms with E-state index in [0.29, 0.717) is 11.4 Å². The van der Waals surface area contributed by atoms with Crippen LogP contribution in [0.3, 0.4) is 0 Å². The molecule has 0 saturated carbocycles. The average Bonchev–Trinajstić information content (AvgIpc) is 2.99. The predicted octanol–water partition coefficient (Wildman–Crippen LogP) is 3.64. The fraction of sp³-hybridized carbons (Fsp3) is 0.276. The Hall–Kier alpha value is -3.82. The lowest BCUT2D eigenvalue weighted by molar-refractivity contribution is -0.128. The van der Waals surface area contributed by atoms with E-state index >= 15 is 0 Å². The molecule has 3 aromatic carbocycles. The molecule has 4 rings (SSSR count). The first-order valence-electron chi connectivity index (χ1n) is 12.5. The third kappa shape index (κ3) is 6.00. The first-order chi connectivity index (χ1) is 18.1. The molecule has 3 aromatic rings. The SMILES string of the molecule is Cc1cccc(S(=O)(=O)NC(CC(C)C)C(=O)NC2N=C(c3ccccc3)c3ccccc3N(C)C2=O)c1. The van der Waals surface area contributed by atoms with E-state index in [0.717, 1.165) is 16.7 Å². The highest BCUT2D eigenvalue weighted by Gasteiger charge is 2.34. The monoisotopic (exact) mass is 532 g/mol. The molecule has 0 radical (unpaired) electrons. The van der Waals surface area contributed by atoms with E-state index in [1.54, 1.807) is 32.2 Å². The number of sulfonamides is 1. The molecule has 2 amide bonds. The summed E-state index contributed by atoms with van der Waals surface area (Å²) in [5.41, 5.74) is 3.55. The molecule has 2 unspecified atom stereocenters. The van der Waals surface area contributed by atoms with E-state index in [1.807, 2.05) is 68.4 Å². The van der Waals surface area contributed by atoms with Crippen LogP contribution in [-0.2, 0) is 19.6 Å². The third-order valence-electron chi connectivity index (χ3n) is 6.29. The Labute approximate surface area is 223 Å². The van der Waals surface area contributed by atoms with Gasteiger partial charge in [0.05, 0.1) is 16.3 Å². The standard InChI is InChI=1S/C29H32N4O4S/c1-19(2)17-24(32-38(36,37)22-14-10-11-20(3)18-22)28(34)31-27-29(35)33(4)25-16-9-8-15-23(25)26(30-27)21-12-6-5-7-13-21/h5-16,18-19,24,27,32H,17H2,1-4H3,(H,31,34). The van der Waals surface area contributed by atoms with Crippen molar-refractivity contribution in [2.24, 2.45) is 10.9 Å². The minimum absolute atomic E-state index is 0.00565. The second kappa shape index (κ2) is 11.3. The highest BCUT2D eigenvalue weighted by atomic mass is 32.2. The van der Waals surface area contributed by atoms with Gasteiger partial charge in [-0.3, -0.25) is 9.59 Å². The Balaban J connectivity index is 1.68. The highest BCUT2D eigenvalue weighted by Crippen LogP contribution is 2.27. The number of nitrogens with zero attached hydrogens (tertiary/aromatic N) is 2. The number of rotatable bonds is 8. The fourth-order valence-electron chi connectivity index (χ4n) is 4.40. The van der Waals surface area contributed by atoms with E-state index < -0.39 is 34.0 Å². The van der Waals surface area contributed by atoms with Crippen molar-refractivity contribution in [1.29, 1.82) is 0 Å². The molecular formula is C29H32N4O4S. The maximum Gasteiger partial charge on any atom is 0.272 e. The maximum atomic E-state index is 13.5.